The van der Waals surface area contributed by atoms with Crippen molar-refractivity contribution in [3.8, 4) is 0 Å². The first-order valence-electron chi connectivity index (χ1n) is 6.28. The molecule has 3 heteroatoms. The summed E-state index contributed by atoms with van der Waals surface area (Å²) in [6.45, 7) is 4.26. The topological polar surface area (TPSA) is 63.3 Å². The van der Waals surface area contributed by atoms with E-state index < -0.39 is 11.5 Å². The zero-order valence-corrected chi connectivity index (χ0v) is 10.5. The van der Waals surface area contributed by atoms with E-state index in [-0.39, 0.29) is 5.92 Å². The molecule has 0 spiro atoms. The van der Waals surface area contributed by atoms with Crippen LogP contribution in [0.2, 0.25) is 0 Å². The summed E-state index contributed by atoms with van der Waals surface area (Å²) in [7, 11) is 0. The number of hydrogen-bond acceptors (Lipinski definition) is 2. The molecule has 3 N–H and O–H groups in total. The molecule has 3 nitrogen and oxygen atoms in total. The van der Waals surface area contributed by atoms with Gasteiger partial charge in [-0.25, -0.2) is 0 Å². The number of carbonyl (C=O) groups is 1. The van der Waals surface area contributed by atoms with Crippen LogP contribution in [0.25, 0.3) is 0 Å². The van der Waals surface area contributed by atoms with E-state index in [1.807, 2.05) is 0 Å². The largest absolute Gasteiger partial charge is 0.380 e. The number of primary amides is 1. The highest BCUT2D eigenvalue weighted by Crippen LogP contribution is 2.42. The summed E-state index contributed by atoms with van der Waals surface area (Å²) < 4.78 is 0. The van der Waals surface area contributed by atoms with Gasteiger partial charge in [-0.05, 0) is 37.5 Å². The Hall–Kier alpha value is -0.570. The molecule has 1 atom stereocenters. The summed E-state index contributed by atoms with van der Waals surface area (Å²) in [5, 5.41) is 10.2. The predicted molar refractivity (Wildman–Crippen MR) is 64.5 cm³/mol. The summed E-state index contributed by atoms with van der Waals surface area (Å²) >= 11 is 0. The lowest BCUT2D eigenvalue weighted by Gasteiger charge is -2.24. The number of carbonyl (C=O) groups excluding carboxylic acids is 1. The van der Waals surface area contributed by atoms with E-state index in [9.17, 15) is 9.90 Å². The van der Waals surface area contributed by atoms with Crippen LogP contribution in [0, 0.1) is 11.8 Å². The van der Waals surface area contributed by atoms with E-state index in [0.717, 1.165) is 38.5 Å². The minimum Gasteiger partial charge on any atom is -0.380 e. The molecular formula is C13H24NO2. The molecule has 0 aromatic carbocycles. The minimum atomic E-state index is -1.22. The van der Waals surface area contributed by atoms with Crippen molar-refractivity contribution in [2.75, 3.05) is 0 Å². The molecule has 1 amide bonds. The monoisotopic (exact) mass is 226 g/mol. The maximum atomic E-state index is 11.2. The Kier molecular flexibility index (Phi) is 4.78. The van der Waals surface area contributed by atoms with Crippen LogP contribution in [0.1, 0.15) is 58.8 Å². The molecule has 0 aliphatic heterocycles. The average Bonchev–Trinajstić information content (AvgIpc) is 2.99. The lowest BCUT2D eigenvalue weighted by Crippen LogP contribution is -2.45. The van der Waals surface area contributed by atoms with Crippen molar-refractivity contribution in [1.29, 1.82) is 0 Å². The Labute approximate surface area is 98.4 Å². The van der Waals surface area contributed by atoms with E-state index in [2.05, 4.69) is 13.8 Å². The zero-order valence-electron chi connectivity index (χ0n) is 10.5. The molecule has 1 unspecified atom stereocenters. The van der Waals surface area contributed by atoms with Crippen molar-refractivity contribution in [2.24, 2.45) is 11.7 Å². The first kappa shape index (κ1) is 13.5. The average molecular weight is 226 g/mol. The highest BCUT2D eigenvalue weighted by Gasteiger charge is 2.47. The van der Waals surface area contributed by atoms with Crippen molar-refractivity contribution in [3.05, 3.63) is 5.92 Å². The maximum Gasteiger partial charge on any atom is 0.249 e. The Bertz CT molecular complexity index is 236. The van der Waals surface area contributed by atoms with Crippen LogP contribution in [0.15, 0.2) is 0 Å². The fourth-order valence-corrected chi connectivity index (χ4v) is 2.14. The molecule has 1 saturated carbocycles. The SMILES string of the molecule is C[C](C)CCCCCC(O)(C(N)=O)C1CC1. The zero-order chi connectivity index (χ0) is 12.2. The van der Waals surface area contributed by atoms with Crippen molar-refractivity contribution >= 4 is 5.91 Å². The molecule has 93 valence electrons. The molecule has 0 saturated heterocycles. The summed E-state index contributed by atoms with van der Waals surface area (Å²) in [6, 6.07) is 0. The molecule has 0 heterocycles. The van der Waals surface area contributed by atoms with E-state index >= 15 is 0 Å². The molecule has 0 aromatic rings. The van der Waals surface area contributed by atoms with Crippen LogP contribution in [-0.2, 0) is 4.79 Å². The van der Waals surface area contributed by atoms with Gasteiger partial charge in [-0.1, -0.05) is 33.1 Å². The van der Waals surface area contributed by atoms with Gasteiger partial charge in [-0.15, -0.1) is 0 Å². The first-order chi connectivity index (χ1) is 7.47. The summed E-state index contributed by atoms with van der Waals surface area (Å²) in [5.74, 6) is 1.03. The van der Waals surface area contributed by atoms with Crippen molar-refractivity contribution in [2.45, 2.75) is 64.4 Å². The molecule has 0 aromatic heterocycles. The van der Waals surface area contributed by atoms with Crippen LogP contribution >= 0.6 is 0 Å². The Balaban J connectivity index is 2.21. The van der Waals surface area contributed by atoms with Crippen LogP contribution in [-0.4, -0.2) is 16.6 Å². The van der Waals surface area contributed by atoms with Crippen molar-refractivity contribution < 1.29 is 9.90 Å². The molecule has 16 heavy (non-hydrogen) atoms. The normalized spacial score (nSPS) is 19.8. The standard InChI is InChI=1S/C13H24NO2/c1-10(2)6-4-3-5-9-13(16,12(14)15)11-7-8-11/h11,16H,3-9H2,1-2H3,(H2,14,15). The molecule has 1 fully saturated rings. The predicted octanol–water partition coefficient (Wildman–Crippen LogP) is 2.18. The minimum absolute atomic E-state index is 0.129. The first-order valence-corrected chi connectivity index (χ1v) is 6.28. The fourth-order valence-electron chi connectivity index (χ4n) is 2.14. The second kappa shape index (κ2) is 5.67. The quantitative estimate of drug-likeness (QED) is 0.623. The smallest absolute Gasteiger partial charge is 0.249 e. The van der Waals surface area contributed by atoms with E-state index in [1.165, 1.54) is 5.92 Å². The maximum absolute atomic E-state index is 11.2. The highest BCUT2D eigenvalue weighted by molar-refractivity contribution is 5.83. The number of hydrogen-bond donors (Lipinski definition) is 2. The summed E-state index contributed by atoms with van der Waals surface area (Å²) in [4.78, 5) is 11.2. The van der Waals surface area contributed by atoms with Crippen LogP contribution in [0.5, 0.6) is 0 Å². The van der Waals surface area contributed by atoms with Gasteiger partial charge in [0.1, 0.15) is 5.60 Å². The Morgan fingerprint density at radius 3 is 2.38 bits per heavy atom. The molecule has 1 aliphatic carbocycles. The van der Waals surface area contributed by atoms with Crippen LogP contribution in [0.3, 0.4) is 0 Å². The summed E-state index contributed by atoms with van der Waals surface area (Å²) in [6.07, 6.45) is 6.66. The number of nitrogens with two attached hydrogens (primary N) is 1. The number of aliphatic hydroxyl groups is 1. The van der Waals surface area contributed by atoms with E-state index in [1.54, 1.807) is 0 Å². The van der Waals surface area contributed by atoms with Gasteiger partial charge in [0.2, 0.25) is 5.91 Å². The van der Waals surface area contributed by atoms with Gasteiger partial charge in [-0.3, -0.25) is 4.79 Å². The van der Waals surface area contributed by atoms with Gasteiger partial charge in [0.25, 0.3) is 0 Å². The van der Waals surface area contributed by atoms with Gasteiger partial charge >= 0.3 is 0 Å². The molecular weight excluding hydrogens is 202 g/mol. The second-order valence-corrected chi connectivity index (χ2v) is 5.33. The Morgan fingerprint density at radius 1 is 1.31 bits per heavy atom. The number of unbranched alkanes of at least 4 members (excludes halogenated alkanes) is 2. The molecule has 1 rings (SSSR count). The second-order valence-electron chi connectivity index (χ2n) is 5.33. The third-order valence-electron chi connectivity index (χ3n) is 3.41. The summed E-state index contributed by atoms with van der Waals surface area (Å²) in [5.41, 5.74) is 4.06. The Morgan fingerprint density at radius 2 is 1.94 bits per heavy atom. The highest BCUT2D eigenvalue weighted by atomic mass is 16.3. The van der Waals surface area contributed by atoms with Crippen molar-refractivity contribution in [1.82, 2.24) is 0 Å². The third-order valence-corrected chi connectivity index (χ3v) is 3.41. The van der Waals surface area contributed by atoms with E-state index in [4.69, 9.17) is 5.73 Å². The lowest BCUT2D eigenvalue weighted by molar-refractivity contribution is -0.139. The van der Waals surface area contributed by atoms with E-state index in [0.29, 0.717) is 6.42 Å². The van der Waals surface area contributed by atoms with Gasteiger partial charge in [0.15, 0.2) is 0 Å². The van der Waals surface area contributed by atoms with Crippen LogP contribution in [0.4, 0.5) is 0 Å². The molecule has 1 radical (unpaired) electrons. The third kappa shape index (κ3) is 3.78. The van der Waals surface area contributed by atoms with Gasteiger partial charge in [0, 0.05) is 0 Å². The van der Waals surface area contributed by atoms with Gasteiger partial charge in [0.05, 0.1) is 0 Å². The molecule has 0 bridgehead atoms. The van der Waals surface area contributed by atoms with Gasteiger partial charge < -0.3 is 10.8 Å². The fraction of sp³-hybridized carbons (Fsp3) is 0.846. The molecule has 1 aliphatic rings. The number of amides is 1. The number of rotatable bonds is 8. The lowest BCUT2D eigenvalue weighted by atomic mass is 9.90. The van der Waals surface area contributed by atoms with Crippen LogP contribution < -0.4 is 5.73 Å². The van der Waals surface area contributed by atoms with Gasteiger partial charge in [-0.2, -0.15) is 0 Å². The van der Waals surface area contributed by atoms with Crippen molar-refractivity contribution in [3.63, 3.8) is 0 Å².